The summed E-state index contributed by atoms with van der Waals surface area (Å²) in [5.74, 6) is 1.47. The highest BCUT2D eigenvalue weighted by Gasteiger charge is 2.17. The number of pyridine rings is 1. The van der Waals surface area contributed by atoms with E-state index in [0.717, 1.165) is 16.5 Å². The predicted molar refractivity (Wildman–Crippen MR) is 71.6 cm³/mol. The number of nitrogens with two attached hydrogens (primary N) is 1. The molecular formula is C12H15BrN4O. The van der Waals surface area contributed by atoms with Crippen molar-refractivity contribution >= 4 is 15.9 Å². The van der Waals surface area contributed by atoms with Crippen molar-refractivity contribution in [3.63, 3.8) is 0 Å². The molecule has 0 amide bonds. The van der Waals surface area contributed by atoms with E-state index in [1.54, 1.807) is 12.4 Å². The van der Waals surface area contributed by atoms with Crippen molar-refractivity contribution < 1.29 is 4.52 Å². The third kappa shape index (κ3) is 3.14. The molecule has 0 aliphatic heterocycles. The lowest BCUT2D eigenvalue weighted by atomic mass is 10.0. The van der Waals surface area contributed by atoms with Crippen molar-refractivity contribution in [2.24, 2.45) is 11.7 Å². The van der Waals surface area contributed by atoms with Crippen molar-refractivity contribution in [3.8, 4) is 11.4 Å². The van der Waals surface area contributed by atoms with E-state index >= 15 is 0 Å². The quantitative estimate of drug-likeness (QED) is 0.939. The van der Waals surface area contributed by atoms with Gasteiger partial charge in [0.2, 0.25) is 11.7 Å². The molecule has 2 N–H and O–H groups in total. The minimum atomic E-state index is -0.216. The average molecular weight is 311 g/mol. The van der Waals surface area contributed by atoms with Crippen LogP contribution in [-0.2, 0) is 0 Å². The Kier molecular flexibility index (Phi) is 4.08. The second-order valence-corrected chi connectivity index (χ2v) is 5.50. The molecule has 2 rings (SSSR count). The Morgan fingerprint density at radius 2 is 2.17 bits per heavy atom. The lowest BCUT2D eigenvalue weighted by molar-refractivity contribution is 0.335. The summed E-state index contributed by atoms with van der Waals surface area (Å²) >= 11 is 3.35. The molecule has 0 saturated heterocycles. The van der Waals surface area contributed by atoms with Gasteiger partial charge in [0.15, 0.2) is 0 Å². The molecule has 0 bridgehead atoms. The zero-order valence-electron chi connectivity index (χ0n) is 10.3. The van der Waals surface area contributed by atoms with Gasteiger partial charge in [0.05, 0.1) is 6.04 Å². The van der Waals surface area contributed by atoms with Crippen LogP contribution in [0.2, 0.25) is 0 Å². The predicted octanol–water partition coefficient (Wildman–Crippen LogP) is 2.94. The maximum Gasteiger partial charge on any atom is 0.243 e. The van der Waals surface area contributed by atoms with Crippen LogP contribution < -0.4 is 5.73 Å². The van der Waals surface area contributed by atoms with Gasteiger partial charge in [0.25, 0.3) is 0 Å². The van der Waals surface area contributed by atoms with E-state index in [9.17, 15) is 0 Å². The summed E-state index contributed by atoms with van der Waals surface area (Å²) in [6, 6.07) is 1.67. The maximum atomic E-state index is 6.00. The summed E-state index contributed by atoms with van der Waals surface area (Å²) in [6.45, 7) is 4.21. The van der Waals surface area contributed by atoms with Gasteiger partial charge >= 0.3 is 0 Å². The first kappa shape index (κ1) is 13.2. The fourth-order valence-electron chi connectivity index (χ4n) is 1.65. The van der Waals surface area contributed by atoms with E-state index < -0.39 is 0 Å². The van der Waals surface area contributed by atoms with Gasteiger partial charge < -0.3 is 10.3 Å². The van der Waals surface area contributed by atoms with Crippen molar-refractivity contribution in [2.75, 3.05) is 0 Å². The normalized spacial score (nSPS) is 12.9. The number of rotatable bonds is 4. The molecule has 0 aromatic carbocycles. The SMILES string of the molecule is CC(C)C[C@H](N)c1nc(-c2cncc(Br)c2)no1. The molecule has 0 saturated carbocycles. The van der Waals surface area contributed by atoms with E-state index in [0.29, 0.717) is 17.6 Å². The van der Waals surface area contributed by atoms with Crippen LogP contribution >= 0.6 is 15.9 Å². The fraction of sp³-hybridized carbons (Fsp3) is 0.417. The summed E-state index contributed by atoms with van der Waals surface area (Å²) in [6.07, 6.45) is 4.21. The highest BCUT2D eigenvalue weighted by atomic mass is 79.9. The molecule has 2 aromatic heterocycles. The molecule has 6 heteroatoms. The summed E-state index contributed by atoms with van der Waals surface area (Å²) in [7, 11) is 0. The molecule has 1 atom stereocenters. The van der Waals surface area contributed by atoms with Crippen LogP contribution in [0.15, 0.2) is 27.5 Å². The zero-order chi connectivity index (χ0) is 13.1. The molecule has 0 aliphatic rings. The van der Waals surface area contributed by atoms with Crippen LogP contribution in [0, 0.1) is 5.92 Å². The van der Waals surface area contributed by atoms with E-state index in [1.807, 2.05) is 6.07 Å². The standard InChI is InChI=1S/C12H15BrN4O/c1-7(2)3-10(14)12-16-11(17-18-12)8-4-9(13)6-15-5-8/h4-7,10H,3,14H2,1-2H3/t10-/m0/s1. The average Bonchev–Trinajstić information content (AvgIpc) is 2.77. The van der Waals surface area contributed by atoms with E-state index in [4.69, 9.17) is 10.3 Å². The molecule has 0 aliphatic carbocycles. The largest absolute Gasteiger partial charge is 0.337 e. The number of aromatic nitrogens is 3. The van der Waals surface area contributed by atoms with Crippen molar-refractivity contribution in [1.82, 2.24) is 15.1 Å². The molecule has 0 spiro atoms. The number of hydrogen-bond acceptors (Lipinski definition) is 5. The van der Waals surface area contributed by atoms with Gasteiger partial charge in [0, 0.05) is 22.4 Å². The molecule has 96 valence electrons. The first-order valence-corrected chi connectivity index (χ1v) is 6.55. The van der Waals surface area contributed by atoms with Crippen LogP contribution in [0.25, 0.3) is 11.4 Å². The Hall–Kier alpha value is -1.27. The van der Waals surface area contributed by atoms with Gasteiger partial charge in [-0.3, -0.25) is 4.98 Å². The topological polar surface area (TPSA) is 77.8 Å². The van der Waals surface area contributed by atoms with E-state index in [2.05, 4.69) is 44.9 Å². The minimum Gasteiger partial charge on any atom is -0.337 e. The van der Waals surface area contributed by atoms with E-state index in [-0.39, 0.29) is 6.04 Å². The Morgan fingerprint density at radius 3 is 2.83 bits per heavy atom. The summed E-state index contributed by atoms with van der Waals surface area (Å²) in [5.41, 5.74) is 6.80. The molecule has 5 nitrogen and oxygen atoms in total. The molecule has 2 heterocycles. The van der Waals surface area contributed by atoms with E-state index in [1.165, 1.54) is 0 Å². The monoisotopic (exact) mass is 310 g/mol. The Balaban J connectivity index is 2.20. The second kappa shape index (κ2) is 5.58. The van der Waals surface area contributed by atoms with Crippen LogP contribution in [0.3, 0.4) is 0 Å². The smallest absolute Gasteiger partial charge is 0.243 e. The Bertz CT molecular complexity index is 526. The summed E-state index contributed by atoms with van der Waals surface area (Å²) < 4.78 is 6.07. The van der Waals surface area contributed by atoms with Gasteiger partial charge in [-0.2, -0.15) is 4.98 Å². The van der Waals surface area contributed by atoms with Gasteiger partial charge in [0.1, 0.15) is 0 Å². The summed E-state index contributed by atoms with van der Waals surface area (Å²) in [4.78, 5) is 8.37. The highest BCUT2D eigenvalue weighted by molar-refractivity contribution is 9.10. The highest BCUT2D eigenvalue weighted by Crippen LogP contribution is 2.22. The lowest BCUT2D eigenvalue weighted by Crippen LogP contribution is -2.13. The molecule has 0 radical (unpaired) electrons. The van der Waals surface area contributed by atoms with Gasteiger partial charge in [-0.1, -0.05) is 19.0 Å². The third-order valence-electron chi connectivity index (χ3n) is 2.45. The minimum absolute atomic E-state index is 0.216. The Morgan fingerprint density at radius 1 is 1.39 bits per heavy atom. The summed E-state index contributed by atoms with van der Waals surface area (Å²) in [5, 5.41) is 3.93. The zero-order valence-corrected chi connectivity index (χ0v) is 11.9. The number of halogens is 1. The van der Waals surface area contributed by atoms with Crippen molar-refractivity contribution in [3.05, 3.63) is 28.8 Å². The molecule has 0 unspecified atom stereocenters. The number of hydrogen-bond donors (Lipinski definition) is 1. The molecule has 0 fully saturated rings. The molecule has 18 heavy (non-hydrogen) atoms. The van der Waals surface area contributed by atoms with Gasteiger partial charge in [-0.25, -0.2) is 0 Å². The van der Waals surface area contributed by atoms with Gasteiger partial charge in [-0.15, -0.1) is 0 Å². The second-order valence-electron chi connectivity index (χ2n) is 4.58. The van der Waals surface area contributed by atoms with Gasteiger partial charge in [-0.05, 0) is 34.3 Å². The fourth-order valence-corrected chi connectivity index (χ4v) is 2.01. The first-order valence-electron chi connectivity index (χ1n) is 5.76. The van der Waals surface area contributed by atoms with Crippen molar-refractivity contribution in [1.29, 1.82) is 0 Å². The van der Waals surface area contributed by atoms with Crippen LogP contribution in [0.1, 0.15) is 32.2 Å². The Labute approximate surface area is 114 Å². The van der Waals surface area contributed by atoms with Crippen molar-refractivity contribution in [2.45, 2.75) is 26.3 Å². The first-order chi connectivity index (χ1) is 8.56. The van der Waals surface area contributed by atoms with Crippen LogP contribution in [0.4, 0.5) is 0 Å². The molecule has 2 aromatic rings. The maximum absolute atomic E-state index is 6.00. The third-order valence-corrected chi connectivity index (χ3v) is 2.88. The molecular weight excluding hydrogens is 296 g/mol. The van der Waals surface area contributed by atoms with Crippen LogP contribution in [-0.4, -0.2) is 15.1 Å². The lowest BCUT2D eigenvalue weighted by Gasteiger charge is -2.08. The number of nitrogens with zero attached hydrogens (tertiary/aromatic N) is 3. The van der Waals surface area contributed by atoms with Crippen LogP contribution in [0.5, 0.6) is 0 Å².